The molecule has 29 heavy (non-hydrogen) atoms. The van der Waals surface area contributed by atoms with Gasteiger partial charge in [0.15, 0.2) is 0 Å². The van der Waals surface area contributed by atoms with Crippen molar-refractivity contribution in [3.05, 3.63) is 64.2 Å². The Morgan fingerprint density at radius 1 is 1.10 bits per heavy atom. The summed E-state index contributed by atoms with van der Waals surface area (Å²) in [6, 6.07) is 13.0. The lowest BCUT2D eigenvalue weighted by atomic mass is 10.1. The molecule has 1 aliphatic heterocycles. The van der Waals surface area contributed by atoms with Gasteiger partial charge < -0.3 is 15.1 Å². The summed E-state index contributed by atoms with van der Waals surface area (Å²) in [7, 11) is 1.78. The fraction of sp³-hybridized carbons (Fsp3) is 0.391. The average Bonchev–Trinajstić information content (AvgIpc) is 3.38. The van der Waals surface area contributed by atoms with Gasteiger partial charge in [-0.15, -0.1) is 0 Å². The molecule has 1 fully saturated rings. The largest absolute Gasteiger partial charge is 0.340 e. The van der Waals surface area contributed by atoms with Crippen LogP contribution in [0.3, 0.4) is 0 Å². The van der Waals surface area contributed by atoms with Crippen LogP contribution in [0.15, 0.2) is 42.5 Å². The molecule has 1 aliphatic carbocycles. The van der Waals surface area contributed by atoms with Gasteiger partial charge in [0.25, 0.3) is 0 Å². The van der Waals surface area contributed by atoms with Crippen molar-refractivity contribution in [1.82, 2.24) is 9.80 Å². The number of urea groups is 1. The lowest BCUT2D eigenvalue weighted by Gasteiger charge is -2.28. The Morgan fingerprint density at radius 2 is 1.86 bits per heavy atom. The van der Waals surface area contributed by atoms with Gasteiger partial charge in [-0.25, -0.2) is 4.79 Å². The van der Waals surface area contributed by atoms with Gasteiger partial charge in [-0.05, 0) is 73.1 Å². The first-order valence-electron chi connectivity index (χ1n) is 10.2. The molecule has 1 heterocycles. The Hall–Kier alpha value is -2.53. The zero-order valence-corrected chi connectivity index (χ0v) is 17.4. The quantitative estimate of drug-likeness (QED) is 0.806. The van der Waals surface area contributed by atoms with Crippen LogP contribution in [0.4, 0.5) is 10.5 Å². The average molecular weight is 412 g/mol. The van der Waals surface area contributed by atoms with Gasteiger partial charge >= 0.3 is 6.03 Å². The monoisotopic (exact) mass is 411 g/mol. The Morgan fingerprint density at radius 3 is 2.66 bits per heavy atom. The maximum atomic E-state index is 13.0. The van der Waals surface area contributed by atoms with Crippen LogP contribution in [0.25, 0.3) is 0 Å². The number of likely N-dealkylation sites (tertiary alicyclic amines) is 1. The zero-order valence-electron chi connectivity index (χ0n) is 16.7. The van der Waals surface area contributed by atoms with E-state index in [1.54, 1.807) is 16.8 Å². The van der Waals surface area contributed by atoms with Crippen molar-refractivity contribution in [3.63, 3.8) is 0 Å². The molecule has 3 amide bonds. The van der Waals surface area contributed by atoms with E-state index in [9.17, 15) is 9.59 Å². The number of amides is 3. The summed E-state index contributed by atoms with van der Waals surface area (Å²) in [6.07, 6.45) is 4.89. The van der Waals surface area contributed by atoms with Gasteiger partial charge in [0, 0.05) is 30.8 Å². The highest BCUT2D eigenvalue weighted by atomic mass is 35.5. The van der Waals surface area contributed by atoms with Gasteiger partial charge in [0.1, 0.15) is 6.04 Å². The van der Waals surface area contributed by atoms with Gasteiger partial charge in [-0.1, -0.05) is 29.8 Å². The molecule has 0 saturated carbocycles. The smallest absolute Gasteiger partial charge is 0.322 e. The standard InChI is InChI=1S/C23H26ClN3O2/c1-26(15-16-7-10-19(24)11-8-16)22(28)21-6-3-13-27(21)23(29)25-20-12-9-17-4-2-5-18(17)14-20/h7-12,14,21H,2-6,13,15H2,1H3,(H,25,29)/t21-/m1/s1. The highest BCUT2D eigenvalue weighted by molar-refractivity contribution is 6.30. The van der Waals surface area contributed by atoms with Crippen LogP contribution >= 0.6 is 11.6 Å². The second-order valence-corrected chi connectivity index (χ2v) is 8.38. The minimum atomic E-state index is -0.415. The highest BCUT2D eigenvalue weighted by Crippen LogP contribution is 2.26. The van der Waals surface area contributed by atoms with Crippen LogP contribution in [0.5, 0.6) is 0 Å². The van der Waals surface area contributed by atoms with E-state index in [4.69, 9.17) is 11.6 Å². The molecule has 0 aromatic heterocycles. The van der Waals surface area contributed by atoms with E-state index in [2.05, 4.69) is 17.4 Å². The topological polar surface area (TPSA) is 52.7 Å². The third-order valence-electron chi connectivity index (χ3n) is 5.86. The molecule has 1 saturated heterocycles. The normalized spacial score (nSPS) is 17.9. The third kappa shape index (κ3) is 4.40. The lowest BCUT2D eigenvalue weighted by Crippen LogP contribution is -2.47. The van der Waals surface area contributed by atoms with E-state index in [0.717, 1.165) is 30.5 Å². The van der Waals surface area contributed by atoms with E-state index in [-0.39, 0.29) is 11.9 Å². The number of benzene rings is 2. The van der Waals surface area contributed by atoms with Crippen molar-refractivity contribution >= 4 is 29.2 Å². The number of rotatable bonds is 4. The van der Waals surface area contributed by atoms with Crippen LogP contribution < -0.4 is 5.32 Å². The second-order valence-electron chi connectivity index (χ2n) is 7.94. The summed E-state index contributed by atoms with van der Waals surface area (Å²) < 4.78 is 0. The molecule has 2 aliphatic rings. The van der Waals surface area contributed by atoms with Crippen molar-refractivity contribution in [3.8, 4) is 0 Å². The molecular weight excluding hydrogens is 386 g/mol. The number of fused-ring (bicyclic) bond motifs is 1. The van der Waals surface area contributed by atoms with E-state index in [0.29, 0.717) is 24.5 Å². The molecule has 2 aromatic carbocycles. The van der Waals surface area contributed by atoms with E-state index < -0.39 is 6.04 Å². The summed E-state index contributed by atoms with van der Waals surface area (Å²) in [6.45, 7) is 1.09. The molecule has 2 aromatic rings. The maximum absolute atomic E-state index is 13.0. The molecule has 0 bridgehead atoms. The number of nitrogens with zero attached hydrogens (tertiary/aromatic N) is 2. The van der Waals surface area contributed by atoms with E-state index >= 15 is 0 Å². The highest BCUT2D eigenvalue weighted by Gasteiger charge is 2.35. The molecule has 0 radical (unpaired) electrons. The molecule has 1 N–H and O–H groups in total. The molecule has 0 unspecified atom stereocenters. The first-order valence-corrected chi connectivity index (χ1v) is 10.6. The number of halogens is 1. The van der Waals surface area contributed by atoms with Crippen LogP contribution in [-0.4, -0.2) is 41.4 Å². The molecule has 4 rings (SSSR count). The van der Waals surface area contributed by atoms with Crippen LogP contribution in [0.1, 0.15) is 36.0 Å². The molecule has 6 heteroatoms. The van der Waals surface area contributed by atoms with Gasteiger partial charge in [-0.2, -0.15) is 0 Å². The molecule has 1 atom stereocenters. The van der Waals surface area contributed by atoms with Gasteiger partial charge in [-0.3, -0.25) is 4.79 Å². The first kappa shape index (κ1) is 19.8. The van der Waals surface area contributed by atoms with Gasteiger partial charge in [0.05, 0.1) is 0 Å². The van der Waals surface area contributed by atoms with Gasteiger partial charge in [0.2, 0.25) is 5.91 Å². The second kappa shape index (κ2) is 8.46. The SMILES string of the molecule is CN(Cc1ccc(Cl)cc1)C(=O)[C@H]1CCCN1C(=O)Nc1ccc2c(c1)CCC2. The third-order valence-corrected chi connectivity index (χ3v) is 6.11. The fourth-order valence-electron chi connectivity index (χ4n) is 4.31. The summed E-state index contributed by atoms with van der Waals surface area (Å²) in [5.74, 6) is -0.0263. The summed E-state index contributed by atoms with van der Waals surface area (Å²) >= 11 is 5.93. The minimum absolute atomic E-state index is 0.0263. The van der Waals surface area contributed by atoms with Crippen LogP contribution in [-0.2, 0) is 24.2 Å². The Kier molecular flexibility index (Phi) is 5.76. The molecule has 0 spiro atoms. The number of hydrogen-bond acceptors (Lipinski definition) is 2. The van der Waals surface area contributed by atoms with Crippen molar-refractivity contribution < 1.29 is 9.59 Å². The zero-order chi connectivity index (χ0) is 20.4. The van der Waals surface area contributed by atoms with Crippen molar-refractivity contribution in [2.75, 3.05) is 18.9 Å². The van der Waals surface area contributed by atoms with E-state index in [1.807, 2.05) is 30.3 Å². The summed E-state index contributed by atoms with van der Waals surface area (Å²) in [4.78, 5) is 29.3. The Labute approximate surface area is 176 Å². The van der Waals surface area contributed by atoms with Crippen LogP contribution in [0.2, 0.25) is 5.02 Å². The van der Waals surface area contributed by atoms with Crippen molar-refractivity contribution in [2.45, 2.75) is 44.7 Å². The Balaban J connectivity index is 1.40. The number of likely N-dealkylation sites (N-methyl/N-ethyl adjacent to an activating group) is 1. The predicted octanol–water partition coefficient (Wildman–Crippen LogP) is 4.48. The maximum Gasteiger partial charge on any atom is 0.322 e. The molecule has 5 nitrogen and oxygen atoms in total. The number of anilines is 1. The summed E-state index contributed by atoms with van der Waals surface area (Å²) in [5.41, 5.74) is 4.52. The molecular formula is C23H26ClN3O2. The summed E-state index contributed by atoms with van der Waals surface area (Å²) in [5, 5.41) is 3.67. The lowest BCUT2D eigenvalue weighted by molar-refractivity contribution is -0.134. The van der Waals surface area contributed by atoms with Crippen LogP contribution in [0, 0.1) is 0 Å². The number of nitrogens with one attached hydrogen (secondary N) is 1. The number of hydrogen-bond donors (Lipinski definition) is 1. The Bertz CT molecular complexity index is 913. The fourth-order valence-corrected chi connectivity index (χ4v) is 4.43. The molecule has 152 valence electrons. The minimum Gasteiger partial charge on any atom is -0.340 e. The van der Waals surface area contributed by atoms with E-state index in [1.165, 1.54) is 17.5 Å². The number of aryl methyl sites for hydroxylation is 2. The number of carbonyl (C=O) groups is 2. The first-order chi connectivity index (χ1) is 14.0. The van der Waals surface area contributed by atoms with Crippen molar-refractivity contribution in [2.24, 2.45) is 0 Å². The van der Waals surface area contributed by atoms with Crippen molar-refractivity contribution in [1.29, 1.82) is 0 Å². The number of carbonyl (C=O) groups excluding carboxylic acids is 2. The predicted molar refractivity (Wildman–Crippen MR) is 115 cm³/mol.